The molecular weight excluding hydrogens is 358 g/mol. The second-order valence-electron chi connectivity index (χ2n) is 6.67. The molecular formula is C20H29N5O3. The number of aryl methyl sites for hydroxylation is 1. The van der Waals surface area contributed by atoms with Crippen LogP contribution in [0.1, 0.15) is 17.2 Å². The number of nitrogens with one attached hydrogen (secondary N) is 1. The quantitative estimate of drug-likeness (QED) is 0.600. The van der Waals surface area contributed by atoms with E-state index in [9.17, 15) is 0 Å². The van der Waals surface area contributed by atoms with Gasteiger partial charge in [-0.2, -0.15) is 5.10 Å². The van der Waals surface area contributed by atoms with Crippen LogP contribution in [0.3, 0.4) is 0 Å². The number of hydrogen-bond acceptors (Lipinski definition) is 5. The zero-order valence-corrected chi connectivity index (χ0v) is 17.0. The van der Waals surface area contributed by atoms with Gasteiger partial charge < -0.3 is 24.4 Å². The van der Waals surface area contributed by atoms with Crippen molar-refractivity contribution < 1.29 is 14.2 Å². The highest BCUT2D eigenvalue weighted by Gasteiger charge is 2.25. The summed E-state index contributed by atoms with van der Waals surface area (Å²) >= 11 is 0. The number of hydrogen-bond donors (Lipinski definition) is 1. The summed E-state index contributed by atoms with van der Waals surface area (Å²) in [4.78, 5) is 6.68. The first kappa shape index (κ1) is 20.0. The summed E-state index contributed by atoms with van der Waals surface area (Å²) in [7, 11) is 7.02. The summed E-state index contributed by atoms with van der Waals surface area (Å²) < 4.78 is 18.4. The van der Waals surface area contributed by atoms with Crippen LogP contribution < -0.4 is 14.8 Å². The number of morpholine rings is 1. The first-order chi connectivity index (χ1) is 13.6. The first-order valence-electron chi connectivity index (χ1n) is 9.41. The smallest absolute Gasteiger partial charge is 0.193 e. The highest BCUT2D eigenvalue weighted by atomic mass is 16.5. The third-order valence-corrected chi connectivity index (χ3v) is 4.82. The molecule has 2 aromatic rings. The normalized spacial score (nSPS) is 17.5. The minimum absolute atomic E-state index is 0.00634. The van der Waals surface area contributed by atoms with Crippen LogP contribution in [-0.2, 0) is 18.2 Å². The number of methoxy groups -OCH3 is 2. The number of benzene rings is 1. The Morgan fingerprint density at radius 1 is 1.32 bits per heavy atom. The molecule has 1 aliphatic heterocycles. The highest BCUT2D eigenvalue weighted by Crippen LogP contribution is 2.27. The van der Waals surface area contributed by atoms with Crippen LogP contribution in [0, 0.1) is 0 Å². The molecule has 0 spiro atoms. The topological polar surface area (TPSA) is 73.1 Å². The van der Waals surface area contributed by atoms with Crippen molar-refractivity contribution in [2.75, 3.05) is 47.5 Å². The molecule has 1 N–H and O–H groups in total. The van der Waals surface area contributed by atoms with E-state index in [4.69, 9.17) is 14.2 Å². The predicted molar refractivity (Wildman–Crippen MR) is 108 cm³/mol. The molecule has 1 atom stereocenters. The van der Waals surface area contributed by atoms with E-state index in [0.717, 1.165) is 49.1 Å². The van der Waals surface area contributed by atoms with Crippen molar-refractivity contribution in [2.45, 2.75) is 12.5 Å². The SMILES string of the molecule is CN=C(NCCc1ccc(OC)c(OC)c1)N1CCOC(c2cnn(C)c2)C1. The Morgan fingerprint density at radius 3 is 2.82 bits per heavy atom. The van der Waals surface area contributed by atoms with Crippen LogP contribution in [0.15, 0.2) is 35.6 Å². The van der Waals surface area contributed by atoms with Crippen molar-refractivity contribution >= 4 is 5.96 Å². The van der Waals surface area contributed by atoms with E-state index in [1.165, 1.54) is 5.56 Å². The van der Waals surface area contributed by atoms with Crippen LogP contribution in [0.5, 0.6) is 11.5 Å². The zero-order valence-electron chi connectivity index (χ0n) is 17.0. The van der Waals surface area contributed by atoms with Gasteiger partial charge in [-0.15, -0.1) is 0 Å². The molecule has 2 heterocycles. The van der Waals surface area contributed by atoms with Crippen LogP contribution in [0.2, 0.25) is 0 Å². The van der Waals surface area contributed by atoms with Gasteiger partial charge >= 0.3 is 0 Å². The minimum atomic E-state index is 0.00634. The van der Waals surface area contributed by atoms with Crippen molar-refractivity contribution in [3.8, 4) is 11.5 Å². The molecule has 0 saturated carbocycles. The maximum absolute atomic E-state index is 5.92. The van der Waals surface area contributed by atoms with Gasteiger partial charge in [0.25, 0.3) is 0 Å². The molecule has 1 fully saturated rings. The Hall–Kier alpha value is -2.74. The number of aliphatic imine (C=N–C) groups is 1. The molecule has 1 saturated heterocycles. The number of nitrogens with zero attached hydrogens (tertiary/aromatic N) is 4. The summed E-state index contributed by atoms with van der Waals surface area (Å²) in [6.45, 7) is 3.00. The molecule has 0 aliphatic carbocycles. The van der Waals surface area contributed by atoms with E-state index >= 15 is 0 Å². The molecule has 0 amide bonds. The van der Waals surface area contributed by atoms with Gasteiger partial charge in [0.1, 0.15) is 6.10 Å². The largest absolute Gasteiger partial charge is 0.493 e. The Balaban J connectivity index is 1.55. The molecule has 8 heteroatoms. The fourth-order valence-electron chi connectivity index (χ4n) is 3.34. The van der Waals surface area contributed by atoms with E-state index < -0.39 is 0 Å². The molecule has 1 aromatic heterocycles. The van der Waals surface area contributed by atoms with E-state index in [2.05, 4.69) is 26.4 Å². The number of ether oxygens (including phenoxy) is 3. The van der Waals surface area contributed by atoms with Crippen molar-refractivity contribution in [1.29, 1.82) is 0 Å². The zero-order chi connectivity index (χ0) is 19.9. The average molecular weight is 387 g/mol. The summed E-state index contributed by atoms with van der Waals surface area (Å²) in [6.07, 6.45) is 4.73. The fraction of sp³-hybridized carbons (Fsp3) is 0.500. The molecule has 152 valence electrons. The van der Waals surface area contributed by atoms with Gasteiger partial charge in [-0.25, -0.2) is 0 Å². The Morgan fingerprint density at radius 2 is 2.14 bits per heavy atom. The fourth-order valence-corrected chi connectivity index (χ4v) is 3.34. The van der Waals surface area contributed by atoms with Gasteiger partial charge in [0.05, 0.1) is 33.6 Å². The van der Waals surface area contributed by atoms with Gasteiger partial charge in [-0.1, -0.05) is 6.07 Å². The van der Waals surface area contributed by atoms with E-state index in [0.29, 0.717) is 6.61 Å². The second kappa shape index (κ2) is 9.45. The molecule has 1 unspecified atom stereocenters. The summed E-state index contributed by atoms with van der Waals surface area (Å²) in [5.41, 5.74) is 2.27. The number of guanidine groups is 1. The summed E-state index contributed by atoms with van der Waals surface area (Å²) in [6, 6.07) is 6.00. The molecule has 0 bridgehead atoms. The maximum atomic E-state index is 5.92. The standard InChI is InChI=1S/C20H29N5O3/c1-21-20(22-8-7-15-5-6-17(26-3)18(11-15)27-4)25-9-10-28-19(14-25)16-12-23-24(2)13-16/h5-6,11-13,19H,7-10,14H2,1-4H3,(H,21,22). The maximum Gasteiger partial charge on any atom is 0.193 e. The van der Waals surface area contributed by atoms with Crippen LogP contribution in [0.4, 0.5) is 0 Å². The number of rotatable bonds is 6. The summed E-state index contributed by atoms with van der Waals surface area (Å²) in [5, 5.41) is 7.70. The van der Waals surface area contributed by atoms with Crippen LogP contribution in [-0.4, -0.2) is 68.1 Å². The van der Waals surface area contributed by atoms with Crippen molar-refractivity contribution in [3.05, 3.63) is 41.7 Å². The highest BCUT2D eigenvalue weighted by molar-refractivity contribution is 5.80. The van der Waals surface area contributed by atoms with E-state index in [1.54, 1.807) is 18.9 Å². The van der Waals surface area contributed by atoms with E-state index in [1.807, 2.05) is 38.6 Å². The second-order valence-corrected chi connectivity index (χ2v) is 6.67. The monoisotopic (exact) mass is 387 g/mol. The lowest BCUT2D eigenvalue weighted by molar-refractivity contribution is -0.00800. The lowest BCUT2D eigenvalue weighted by Crippen LogP contribution is -2.48. The Kier molecular flexibility index (Phi) is 6.76. The van der Waals surface area contributed by atoms with Gasteiger partial charge in [-0.3, -0.25) is 9.67 Å². The minimum Gasteiger partial charge on any atom is -0.493 e. The van der Waals surface area contributed by atoms with Gasteiger partial charge in [0, 0.05) is 38.9 Å². The number of aromatic nitrogens is 2. The Labute approximate surface area is 166 Å². The van der Waals surface area contributed by atoms with Gasteiger partial charge in [-0.05, 0) is 24.1 Å². The molecule has 0 radical (unpaired) electrons. The molecule has 3 rings (SSSR count). The lowest BCUT2D eigenvalue weighted by Gasteiger charge is -2.34. The first-order valence-corrected chi connectivity index (χ1v) is 9.41. The summed E-state index contributed by atoms with van der Waals surface area (Å²) in [5.74, 6) is 2.37. The molecule has 1 aliphatic rings. The molecule has 8 nitrogen and oxygen atoms in total. The third kappa shape index (κ3) is 4.75. The predicted octanol–water partition coefficient (Wildman–Crippen LogP) is 1.63. The van der Waals surface area contributed by atoms with Crippen molar-refractivity contribution in [2.24, 2.45) is 12.0 Å². The van der Waals surface area contributed by atoms with Crippen molar-refractivity contribution in [3.63, 3.8) is 0 Å². The Bertz CT molecular complexity index is 805. The van der Waals surface area contributed by atoms with Gasteiger partial charge in [0.2, 0.25) is 0 Å². The average Bonchev–Trinajstić information content (AvgIpc) is 3.17. The third-order valence-electron chi connectivity index (χ3n) is 4.82. The van der Waals surface area contributed by atoms with Crippen LogP contribution >= 0.6 is 0 Å². The van der Waals surface area contributed by atoms with Gasteiger partial charge in [0.15, 0.2) is 17.5 Å². The lowest BCUT2D eigenvalue weighted by atomic mass is 10.1. The molecule has 1 aromatic carbocycles. The van der Waals surface area contributed by atoms with E-state index in [-0.39, 0.29) is 6.10 Å². The molecule has 28 heavy (non-hydrogen) atoms. The van der Waals surface area contributed by atoms with Crippen molar-refractivity contribution in [1.82, 2.24) is 20.0 Å². The van der Waals surface area contributed by atoms with Crippen LogP contribution in [0.25, 0.3) is 0 Å².